The van der Waals surface area contributed by atoms with E-state index in [0.717, 1.165) is 5.56 Å². The number of hydrogen-bond acceptors (Lipinski definition) is 4. The number of rotatable bonds is 6. The second-order valence-electron chi connectivity index (χ2n) is 6.60. The molecule has 0 spiro atoms. The summed E-state index contributed by atoms with van der Waals surface area (Å²) in [7, 11) is 3.91. The minimum absolute atomic E-state index is 0.223. The van der Waals surface area contributed by atoms with E-state index in [1.165, 1.54) is 0 Å². The van der Waals surface area contributed by atoms with E-state index in [9.17, 15) is 9.59 Å². The molecule has 3 rings (SSSR count). The van der Waals surface area contributed by atoms with Crippen LogP contribution in [0.4, 0.5) is 0 Å². The molecule has 0 atom stereocenters. The third-order valence-corrected chi connectivity index (χ3v) is 4.54. The number of amides is 1. The van der Waals surface area contributed by atoms with Gasteiger partial charge in [0.25, 0.3) is 11.5 Å². The smallest absolute Gasteiger partial charge is 0.275 e. The highest BCUT2D eigenvalue weighted by Gasteiger charge is 2.21. The normalized spacial score (nSPS) is 11.1. The van der Waals surface area contributed by atoms with E-state index in [1.54, 1.807) is 41.3 Å². The molecule has 0 aliphatic rings. The monoisotopic (exact) mass is 384 g/mol. The Morgan fingerprint density at radius 2 is 1.70 bits per heavy atom. The fourth-order valence-corrected chi connectivity index (χ4v) is 2.94. The van der Waals surface area contributed by atoms with Gasteiger partial charge in [-0.3, -0.25) is 9.59 Å². The van der Waals surface area contributed by atoms with Crippen molar-refractivity contribution in [2.45, 2.75) is 6.54 Å². The summed E-state index contributed by atoms with van der Waals surface area (Å²) >= 11 is 5.96. The first-order chi connectivity index (χ1) is 13.0. The quantitative estimate of drug-likeness (QED) is 0.709. The minimum atomic E-state index is -0.306. The molecular weight excluding hydrogens is 364 g/mol. The first kappa shape index (κ1) is 19.1. The lowest BCUT2D eigenvalue weighted by Gasteiger charge is -2.24. The highest BCUT2D eigenvalue weighted by Crippen LogP contribution is 2.17. The van der Waals surface area contributed by atoms with Gasteiger partial charge in [0.2, 0.25) is 0 Å². The second kappa shape index (κ2) is 8.33. The molecule has 140 valence electrons. The largest absolute Gasteiger partial charge is 0.332 e. The van der Waals surface area contributed by atoms with Crippen molar-refractivity contribution in [3.63, 3.8) is 0 Å². The Morgan fingerprint density at radius 1 is 1.04 bits per heavy atom. The summed E-state index contributed by atoms with van der Waals surface area (Å²) in [5, 5.41) is 8.14. The molecule has 1 amide bonds. The number of aromatic amines is 1. The third-order valence-electron chi connectivity index (χ3n) is 4.29. The van der Waals surface area contributed by atoms with Crippen LogP contribution in [0.5, 0.6) is 0 Å². The number of benzene rings is 2. The van der Waals surface area contributed by atoms with Gasteiger partial charge < -0.3 is 9.80 Å². The maximum absolute atomic E-state index is 13.3. The van der Waals surface area contributed by atoms with E-state index in [1.807, 2.05) is 31.1 Å². The fourth-order valence-electron chi connectivity index (χ4n) is 2.81. The molecule has 7 heteroatoms. The summed E-state index contributed by atoms with van der Waals surface area (Å²) in [5.74, 6) is -0.223. The van der Waals surface area contributed by atoms with Crippen molar-refractivity contribution < 1.29 is 4.79 Å². The van der Waals surface area contributed by atoms with Crippen LogP contribution in [0.15, 0.2) is 53.3 Å². The molecule has 3 aromatic rings. The molecule has 1 N–H and O–H groups in total. The van der Waals surface area contributed by atoms with Crippen molar-refractivity contribution >= 4 is 28.3 Å². The van der Waals surface area contributed by atoms with Crippen LogP contribution in [-0.4, -0.2) is 53.1 Å². The molecule has 0 radical (unpaired) electrons. The Morgan fingerprint density at radius 3 is 2.37 bits per heavy atom. The van der Waals surface area contributed by atoms with Crippen molar-refractivity contribution in [2.24, 2.45) is 0 Å². The number of nitrogens with one attached hydrogen (secondary N) is 1. The molecule has 0 saturated carbocycles. The van der Waals surface area contributed by atoms with Gasteiger partial charge in [0, 0.05) is 30.0 Å². The van der Waals surface area contributed by atoms with Gasteiger partial charge in [0.1, 0.15) is 0 Å². The minimum Gasteiger partial charge on any atom is -0.332 e. The predicted octanol–water partition coefficient (Wildman–Crippen LogP) is 2.78. The highest BCUT2D eigenvalue weighted by atomic mass is 35.5. The van der Waals surface area contributed by atoms with Crippen LogP contribution >= 0.6 is 11.6 Å². The fraction of sp³-hybridized carbons (Fsp3) is 0.250. The average Bonchev–Trinajstić information content (AvgIpc) is 2.66. The van der Waals surface area contributed by atoms with Gasteiger partial charge in [-0.1, -0.05) is 41.9 Å². The van der Waals surface area contributed by atoms with Gasteiger partial charge in [-0.2, -0.15) is 5.10 Å². The van der Waals surface area contributed by atoms with Crippen molar-refractivity contribution in [1.29, 1.82) is 0 Å². The van der Waals surface area contributed by atoms with Gasteiger partial charge in [0.05, 0.1) is 5.39 Å². The molecule has 0 saturated heterocycles. The Labute approximate surface area is 162 Å². The summed E-state index contributed by atoms with van der Waals surface area (Å²) in [6.07, 6.45) is 0. The van der Waals surface area contributed by atoms with E-state index in [2.05, 4.69) is 10.2 Å². The summed E-state index contributed by atoms with van der Waals surface area (Å²) in [6.45, 7) is 1.67. The van der Waals surface area contributed by atoms with Crippen LogP contribution < -0.4 is 5.56 Å². The Kier molecular flexibility index (Phi) is 5.88. The molecule has 27 heavy (non-hydrogen) atoms. The number of likely N-dealkylation sites (N-methyl/N-ethyl adjacent to an activating group) is 1. The molecule has 2 aromatic carbocycles. The third kappa shape index (κ3) is 4.53. The zero-order valence-electron chi connectivity index (χ0n) is 15.3. The lowest BCUT2D eigenvalue weighted by atomic mass is 10.1. The number of nitrogens with zero attached hydrogens (tertiary/aromatic N) is 3. The van der Waals surface area contributed by atoms with E-state index >= 15 is 0 Å². The summed E-state index contributed by atoms with van der Waals surface area (Å²) in [5.41, 5.74) is 0.915. The summed E-state index contributed by atoms with van der Waals surface area (Å²) in [4.78, 5) is 29.0. The van der Waals surface area contributed by atoms with Gasteiger partial charge in [-0.15, -0.1) is 0 Å². The predicted molar refractivity (Wildman–Crippen MR) is 107 cm³/mol. The maximum atomic E-state index is 13.3. The van der Waals surface area contributed by atoms with E-state index in [0.29, 0.717) is 35.4 Å². The molecule has 1 heterocycles. The molecule has 0 bridgehead atoms. The second-order valence-corrected chi connectivity index (χ2v) is 7.04. The molecule has 0 unspecified atom stereocenters. The van der Waals surface area contributed by atoms with Crippen molar-refractivity contribution in [3.8, 4) is 0 Å². The van der Waals surface area contributed by atoms with Crippen molar-refractivity contribution in [3.05, 3.63) is 75.2 Å². The zero-order chi connectivity index (χ0) is 19.4. The number of H-pyrrole nitrogens is 1. The molecule has 0 fully saturated rings. The maximum Gasteiger partial charge on any atom is 0.275 e. The average molecular weight is 385 g/mol. The van der Waals surface area contributed by atoms with Crippen LogP contribution in [0.2, 0.25) is 5.02 Å². The molecule has 1 aromatic heterocycles. The molecule has 0 aliphatic carbocycles. The first-order valence-corrected chi connectivity index (χ1v) is 8.99. The lowest BCUT2D eigenvalue weighted by Crippen LogP contribution is -2.37. The van der Waals surface area contributed by atoms with Crippen molar-refractivity contribution in [2.75, 3.05) is 27.2 Å². The number of carbonyl (C=O) groups is 1. The Balaban J connectivity index is 1.96. The standard InChI is InChI=1S/C20H21ClN4O2/c1-24(2)11-12-25(13-14-7-9-15(21)10-8-14)20(27)18-16-5-3-4-6-17(16)19(26)23-22-18/h3-10H,11-13H2,1-2H3,(H,23,26). The number of aromatic nitrogens is 2. The number of fused-ring (bicyclic) bond motifs is 1. The lowest BCUT2D eigenvalue weighted by molar-refractivity contribution is 0.0727. The van der Waals surface area contributed by atoms with Crippen LogP contribution in [-0.2, 0) is 6.54 Å². The van der Waals surface area contributed by atoms with Crippen LogP contribution in [0, 0.1) is 0 Å². The first-order valence-electron chi connectivity index (χ1n) is 8.61. The molecule has 6 nitrogen and oxygen atoms in total. The number of halogens is 1. The van der Waals surface area contributed by atoms with Crippen LogP contribution in [0.1, 0.15) is 16.1 Å². The van der Waals surface area contributed by atoms with E-state index < -0.39 is 0 Å². The van der Waals surface area contributed by atoms with Gasteiger partial charge in [-0.05, 0) is 37.9 Å². The zero-order valence-corrected chi connectivity index (χ0v) is 16.0. The van der Waals surface area contributed by atoms with Crippen molar-refractivity contribution in [1.82, 2.24) is 20.0 Å². The summed E-state index contributed by atoms with van der Waals surface area (Å²) < 4.78 is 0. The molecule has 0 aliphatic heterocycles. The summed E-state index contributed by atoms with van der Waals surface area (Å²) in [6, 6.07) is 14.4. The van der Waals surface area contributed by atoms with E-state index in [4.69, 9.17) is 11.6 Å². The Bertz CT molecular complexity index is 999. The van der Waals surface area contributed by atoms with E-state index in [-0.39, 0.29) is 17.2 Å². The Hall–Kier alpha value is -2.70. The van der Waals surface area contributed by atoms with Crippen LogP contribution in [0.3, 0.4) is 0 Å². The highest BCUT2D eigenvalue weighted by molar-refractivity contribution is 6.30. The van der Waals surface area contributed by atoms with Gasteiger partial charge in [0.15, 0.2) is 5.69 Å². The SMILES string of the molecule is CN(C)CCN(Cc1ccc(Cl)cc1)C(=O)c1n[nH]c(=O)c2ccccc12. The number of hydrogen-bond donors (Lipinski definition) is 1. The number of carbonyl (C=O) groups excluding carboxylic acids is 1. The van der Waals surface area contributed by atoms with Gasteiger partial charge in [-0.25, -0.2) is 5.10 Å². The van der Waals surface area contributed by atoms with Gasteiger partial charge >= 0.3 is 0 Å². The topological polar surface area (TPSA) is 69.3 Å². The molecular formula is C20H21ClN4O2. The van der Waals surface area contributed by atoms with Crippen LogP contribution in [0.25, 0.3) is 10.8 Å².